The summed E-state index contributed by atoms with van der Waals surface area (Å²) in [5, 5.41) is 0. The van der Waals surface area contributed by atoms with Crippen molar-refractivity contribution in [3.8, 4) is 22.3 Å². The molecule has 32 N–H and O–H groups in total. The van der Waals surface area contributed by atoms with Crippen LogP contribution in [-0.4, -0.2) is 0 Å². The zero-order chi connectivity index (χ0) is 73.6. The second-order valence-electron chi connectivity index (χ2n) is 23.6. The highest BCUT2D eigenvalue weighted by molar-refractivity contribution is 5.73. The van der Waals surface area contributed by atoms with Crippen LogP contribution in [0.25, 0.3) is 22.3 Å². The predicted octanol–water partition coefficient (Wildman–Crippen LogP) is 18.2. The lowest BCUT2D eigenvalue weighted by Crippen LogP contribution is -2.06. The molecule has 10 aromatic rings. The summed E-state index contributed by atoms with van der Waals surface area (Å²) in [6.45, 7) is 12.0. The SMILES string of the molecule is CC.CC.CCc1cc(N)cc(N)c1.Cc1cc(N)cc(N)c1.Nc1cc(N)cc(-c2ccccc2)c1.Nc1cc(N)cc(-c2ccccc2)c1.Nc1cc(N)cc(C(F)(F)F)c1.Nc1cc(N)cc(C2CCCCC2)c1.Nc1cc(N)cc(C2CCCCC2)c1.Nc1cccc(N)c1. The fourth-order valence-corrected chi connectivity index (χ4v) is 10.9. The summed E-state index contributed by atoms with van der Waals surface area (Å²) >= 11 is 0. The van der Waals surface area contributed by atoms with E-state index in [1.165, 1.54) is 87.0 Å². The van der Waals surface area contributed by atoms with E-state index in [1.807, 2.05) is 162 Å². The number of halogens is 3. The van der Waals surface area contributed by atoms with Gasteiger partial charge in [-0.15, -0.1) is 0 Å². The van der Waals surface area contributed by atoms with Crippen LogP contribution in [0.5, 0.6) is 0 Å². The number of anilines is 16. The van der Waals surface area contributed by atoms with Crippen molar-refractivity contribution >= 4 is 91.0 Å². The van der Waals surface area contributed by atoms with Crippen LogP contribution in [0.15, 0.2) is 212 Å². The molecule has 0 aromatic heterocycles. The lowest BCUT2D eigenvalue weighted by molar-refractivity contribution is -0.137. The van der Waals surface area contributed by atoms with E-state index in [0.29, 0.717) is 46.0 Å². The van der Waals surface area contributed by atoms with Gasteiger partial charge in [-0.2, -0.15) is 13.2 Å². The van der Waals surface area contributed by atoms with Gasteiger partial charge in [0.15, 0.2) is 0 Å². The molecule has 16 nitrogen and oxygen atoms in total. The number of nitrogen functional groups attached to an aromatic ring is 16. The Bertz CT molecular complexity index is 3610. The Kier molecular flexibility index (Phi) is 35.7. The molecule has 10 aromatic carbocycles. The molecule has 2 aliphatic carbocycles. The molecule has 0 radical (unpaired) electrons. The number of benzene rings is 10. The molecule has 2 aliphatic rings. The van der Waals surface area contributed by atoms with Gasteiger partial charge >= 0.3 is 6.18 Å². The molecule has 99 heavy (non-hydrogen) atoms. The summed E-state index contributed by atoms with van der Waals surface area (Å²) in [5.74, 6) is 1.38. The van der Waals surface area contributed by atoms with Crippen LogP contribution < -0.4 is 91.7 Å². The van der Waals surface area contributed by atoms with Gasteiger partial charge in [0, 0.05) is 91.0 Å². The van der Waals surface area contributed by atoms with E-state index >= 15 is 0 Å². The van der Waals surface area contributed by atoms with Crippen LogP contribution in [0.3, 0.4) is 0 Å². The maximum Gasteiger partial charge on any atom is 0.416 e. The second-order valence-corrected chi connectivity index (χ2v) is 23.6. The monoisotopic (exact) mass is 1350 g/mol. The van der Waals surface area contributed by atoms with Crippen LogP contribution in [0.4, 0.5) is 104 Å². The molecule has 0 saturated heterocycles. The van der Waals surface area contributed by atoms with Gasteiger partial charge in [0.25, 0.3) is 0 Å². The standard InChI is InChI=1S/2C12H18N2.2C12H12N2.C8H12N2.C7H7F3N2.C7H10N2.C6H8N2.2C2H6/c4*13-11-6-10(7-12(14)8-11)9-4-2-1-3-5-9;1-2-6-3-7(9)5-8(10)4-6;8-7(9,10)4-1-5(11)3-6(12)2-4;1-5-2-6(8)4-7(9)3-5;7-5-2-1-3-6(8)4-5;2*1-2/h2*6-9H,1-5,13-14H2;2*1-8H,13-14H2;3-5H,2,9-10H2,1H3;1-3H,11-12H2;2-4H,8-9H2,1H3;1-4H,7-8H2;2*1-2H3. The molecule has 0 spiro atoms. The highest BCUT2D eigenvalue weighted by Gasteiger charge is 2.31. The van der Waals surface area contributed by atoms with Crippen LogP contribution in [-0.2, 0) is 12.6 Å². The Hall–Kier alpha value is -11.2. The minimum absolute atomic E-state index is 0.0160. The molecule has 0 bridgehead atoms. The summed E-state index contributed by atoms with van der Waals surface area (Å²) in [4.78, 5) is 0. The molecule has 19 heteroatoms. The molecule has 0 heterocycles. The Labute approximate surface area is 585 Å². The zero-order valence-corrected chi connectivity index (χ0v) is 58.5. The molecule has 0 unspecified atom stereocenters. The first-order valence-electron chi connectivity index (χ1n) is 33.5. The van der Waals surface area contributed by atoms with Crippen molar-refractivity contribution in [3.63, 3.8) is 0 Å². The fourth-order valence-electron chi connectivity index (χ4n) is 10.9. The van der Waals surface area contributed by atoms with Gasteiger partial charge in [0.1, 0.15) is 0 Å². The smallest absolute Gasteiger partial charge is 0.399 e. The second kappa shape index (κ2) is 43.1. The van der Waals surface area contributed by atoms with Crippen molar-refractivity contribution in [2.45, 2.75) is 130 Å². The Morgan fingerprint density at radius 3 is 0.788 bits per heavy atom. The number of nitrogens with two attached hydrogens (primary N) is 16. The van der Waals surface area contributed by atoms with Crippen molar-refractivity contribution in [3.05, 3.63) is 240 Å². The number of aryl methyl sites for hydroxylation is 2. The molecule has 12 rings (SSSR count). The van der Waals surface area contributed by atoms with E-state index in [2.05, 4.69) is 31.2 Å². The van der Waals surface area contributed by atoms with E-state index < -0.39 is 11.7 Å². The third-order valence-electron chi connectivity index (χ3n) is 15.1. The van der Waals surface area contributed by atoms with E-state index in [9.17, 15) is 13.2 Å². The summed E-state index contributed by atoms with van der Waals surface area (Å²) in [6.07, 6.45) is 9.93. The predicted molar refractivity (Wildman–Crippen MR) is 426 cm³/mol. The normalized spacial score (nSPS) is 12.1. The Morgan fingerprint density at radius 1 is 0.283 bits per heavy atom. The lowest BCUT2D eigenvalue weighted by atomic mass is 9.84. The number of rotatable bonds is 5. The minimum Gasteiger partial charge on any atom is -0.399 e. The maximum atomic E-state index is 12.0. The highest BCUT2D eigenvalue weighted by Crippen LogP contribution is 2.36. The van der Waals surface area contributed by atoms with Gasteiger partial charge in [0.05, 0.1) is 5.56 Å². The molecule has 0 aliphatic heterocycles. The number of hydrogen-bond donors (Lipinski definition) is 16. The van der Waals surface area contributed by atoms with E-state index in [-0.39, 0.29) is 11.4 Å². The Balaban J connectivity index is 0.000000294. The molecule has 0 atom stereocenters. The van der Waals surface area contributed by atoms with Gasteiger partial charge in [-0.3, -0.25) is 0 Å². The van der Waals surface area contributed by atoms with Crippen molar-refractivity contribution < 1.29 is 13.2 Å². The first kappa shape index (κ1) is 82.0. The van der Waals surface area contributed by atoms with Crippen molar-refractivity contribution in [1.29, 1.82) is 0 Å². The van der Waals surface area contributed by atoms with E-state index in [1.54, 1.807) is 42.5 Å². The average Bonchev–Trinajstić information content (AvgIpc) is 0.913. The number of alkyl halides is 3. The van der Waals surface area contributed by atoms with Gasteiger partial charge < -0.3 is 91.7 Å². The first-order valence-corrected chi connectivity index (χ1v) is 33.5. The van der Waals surface area contributed by atoms with Gasteiger partial charge in [-0.25, -0.2) is 0 Å². The third kappa shape index (κ3) is 32.4. The van der Waals surface area contributed by atoms with Crippen LogP contribution in [0, 0.1) is 6.92 Å². The summed E-state index contributed by atoms with van der Waals surface area (Å²) in [6, 6.07) is 64.5. The fraction of sp³-hybridized carbons (Fsp3) is 0.250. The molecule has 0 amide bonds. The van der Waals surface area contributed by atoms with Crippen molar-refractivity contribution in [2.24, 2.45) is 0 Å². The first-order chi connectivity index (χ1) is 47.1. The zero-order valence-electron chi connectivity index (χ0n) is 58.5. The summed E-state index contributed by atoms with van der Waals surface area (Å²) in [7, 11) is 0. The van der Waals surface area contributed by atoms with E-state index in [4.69, 9.17) is 91.7 Å². The molecule has 2 fully saturated rings. The third-order valence-corrected chi connectivity index (χ3v) is 15.1. The molecule has 530 valence electrons. The Morgan fingerprint density at radius 2 is 0.535 bits per heavy atom. The van der Waals surface area contributed by atoms with Crippen LogP contribution in [0.2, 0.25) is 0 Å². The topological polar surface area (TPSA) is 416 Å². The maximum absolute atomic E-state index is 12.0. The highest BCUT2D eigenvalue weighted by atomic mass is 19.4. The molecular weight excluding hydrogens is 1240 g/mol. The van der Waals surface area contributed by atoms with E-state index in [0.717, 1.165) is 91.9 Å². The van der Waals surface area contributed by atoms with Gasteiger partial charge in [0.2, 0.25) is 0 Å². The quantitative estimate of drug-likeness (QED) is 0.0712. The van der Waals surface area contributed by atoms with Crippen molar-refractivity contribution in [1.82, 2.24) is 0 Å². The summed E-state index contributed by atoms with van der Waals surface area (Å²) in [5.41, 5.74) is 108. The van der Waals surface area contributed by atoms with Crippen molar-refractivity contribution in [2.75, 3.05) is 91.7 Å². The molecular formula is C80H109F3N16. The largest absolute Gasteiger partial charge is 0.416 e. The van der Waals surface area contributed by atoms with Crippen LogP contribution in [0.1, 0.15) is 138 Å². The average molecular weight is 1350 g/mol. The molecule has 2 saturated carbocycles. The van der Waals surface area contributed by atoms with Gasteiger partial charge in [-0.05, 0) is 241 Å². The lowest BCUT2D eigenvalue weighted by Gasteiger charge is -2.22. The number of hydrogen-bond acceptors (Lipinski definition) is 16. The van der Waals surface area contributed by atoms with Crippen LogP contribution >= 0.6 is 0 Å². The van der Waals surface area contributed by atoms with Gasteiger partial charge in [-0.1, -0.05) is 140 Å². The summed E-state index contributed by atoms with van der Waals surface area (Å²) < 4.78 is 36.1. The minimum atomic E-state index is -4.39.